The van der Waals surface area contributed by atoms with E-state index >= 15 is 0 Å². The normalized spacial score (nSPS) is 19.0. The fourth-order valence-electron chi connectivity index (χ4n) is 3.75. The number of fused-ring (bicyclic) bond motifs is 1. The summed E-state index contributed by atoms with van der Waals surface area (Å²) in [6, 6.07) is 14.6. The molecule has 4 nitrogen and oxygen atoms in total. The second-order valence-electron chi connectivity index (χ2n) is 6.92. The van der Waals surface area contributed by atoms with Crippen LogP contribution in [0.15, 0.2) is 42.5 Å². The summed E-state index contributed by atoms with van der Waals surface area (Å²) in [6.07, 6.45) is 3.58. The maximum Gasteiger partial charge on any atom is 0.107 e. The van der Waals surface area contributed by atoms with E-state index in [2.05, 4.69) is 58.2 Å². The van der Waals surface area contributed by atoms with Crippen molar-refractivity contribution in [1.82, 2.24) is 19.9 Å². The predicted molar refractivity (Wildman–Crippen MR) is 96.8 cm³/mol. The highest BCUT2D eigenvalue weighted by atomic mass is 15.1. The summed E-state index contributed by atoms with van der Waals surface area (Å²) in [7, 11) is 0. The van der Waals surface area contributed by atoms with Gasteiger partial charge in [-0.3, -0.25) is 9.88 Å². The standard InChI is InChI=1S/C20H24N4/c1-15-6-4-8-17(21-15)14-24-11-5-7-16(13-24)12-20-22-18-9-2-3-10-19(18)23-20/h2-4,6,8-10,16H,5,7,11-14H2,1H3,(H,22,23)/t16-/m1/s1. The third-order valence-electron chi connectivity index (χ3n) is 4.86. The zero-order chi connectivity index (χ0) is 16.4. The number of piperidine rings is 1. The van der Waals surface area contributed by atoms with Crippen LogP contribution in [0.4, 0.5) is 0 Å². The average Bonchev–Trinajstić information content (AvgIpc) is 2.97. The van der Waals surface area contributed by atoms with Crippen LogP contribution in [0.1, 0.15) is 30.1 Å². The molecule has 0 bridgehead atoms. The van der Waals surface area contributed by atoms with Gasteiger partial charge in [-0.2, -0.15) is 0 Å². The lowest BCUT2D eigenvalue weighted by molar-refractivity contribution is 0.164. The summed E-state index contributed by atoms with van der Waals surface area (Å²) >= 11 is 0. The number of rotatable bonds is 4. The molecule has 4 heteroatoms. The molecule has 2 aromatic heterocycles. The highest BCUT2D eigenvalue weighted by Crippen LogP contribution is 2.22. The molecule has 4 rings (SSSR count). The van der Waals surface area contributed by atoms with Crippen molar-refractivity contribution in [2.24, 2.45) is 5.92 Å². The van der Waals surface area contributed by atoms with Gasteiger partial charge in [-0.05, 0) is 56.5 Å². The molecule has 0 aliphatic carbocycles. The van der Waals surface area contributed by atoms with Crippen LogP contribution in [0.2, 0.25) is 0 Å². The maximum absolute atomic E-state index is 4.74. The zero-order valence-corrected chi connectivity index (χ0v) is 14.2. The van der Waals surface area contributed by atoms with E-state index in [0.29, 0.717) is 5.92 Å². The molecular weight excluding hydrogens is 296 g/mol. The van der Waals surface area contributed by atoms with E-state index < -0.39 is 0 Å². The number of likely N-dealkylation sites (tertiary alicyclic amines) is 1. The number of aromatic amines is 1. The van der Waals surface area contributed by atoms with Crippen LogP contribution >= 0.6 is 0 Å². The monoisotopic (exact) mass is 320 g/mol. The van der Waals surface area contributed by atoms with Crippen LogP contribution < -0.4 is 0 Å². The molecule has 1 aromatic carbocycles. The lowest BCUT2D eigenvalue weighted by Crippen LogP contribution is -2.36. The van der Waals surface area contributed by atoms with Gasteiger partial charge in [0.1, 0.15) is 5.82 Å². The summed E-state index contributed by atoms with van der Waals surface area (Å²) in [5.74, 6) is 1.79. The molecule has 1 aliphatic heterocycles. The van der Waals surface area contributed by atoms with E-state index in [1.165, 1.54) is 25.1 Å². The predicted octanol–water partition coefficient (Wildman–Crippen LogP) is 3.72. The van der Waals surface area contributed by atoms with Gasteiger partial charge in [0.15, 0.2) is 0 Å². The molecular formula is C20H24N4. The second-order valence-corrected chi connectivity index (χ2v) is 6.92. The molecule has 1 atom stereocenters. The number of H-pyrrole nitrogens is 1. The van der Waals surface area contributed by atoms with Gasteiger partial charge in [-0.25, -0.2) is 4.98 Å². The molecule has 0 unspecified atom stereocenters. The van der Waals surface area contributed by atoms with Crippen LogP contribution in [0.3, 0.4) is 0 Å². The maximum atomic E-state index is 4.74. The number of imidazole rings is 1. The summed E-state index contributed by atoms with van der Waals surface area (Å²) in [6.45, 7) is 5.32. The Morgan fingerprint density at radius 2 is 2.04 bits per heavy atom. The number of para-hydroxylation sites is 2. The van der Waals surface area contributed by atoms with E-state index in [-0.39, 0.29) is 0 Å². The van der Waals surface area contributed by atoms with Crippen molar-refractivity contribution < 1.29 is 0 Å². The average molecular weight is 320 g/mol. The molecule has 1 fully saturated rings. The van der Waals surface area contributed by atoms with Gasteiger partial charge in [0.25, 0.3) is 0 Å². The number of aryl methyl sites for hydroxylation is 1. The van der Waals surface area contributed by atoms with Gasteiger partial charge in [0.05, 0.1) is 16.7 Å². The molecule has 0 amide bonds. The first-order chi connectivity index (χ1) is 11.8. The smallest absolute Gasteiger partial charge is 0.107 e. The molecule has 3 heterocycles. The summed E-state index contributed by atoms with van der Waals surface area (Å²) in [5, 5.41) is 0. The molecule has 24 heavy (non-hydrogen) atoms. The van der Waals surface area contributed by atoms with Gasteiger partial charge >= 0.3 is 0 Å². The number of hydrogen-bond acceptors (Lipinski definition) is 3. The second kappa shape index (κ2) is 6.73. The number of aromatic nitrogens is 3. The summed E-state index contributed by atoms with van der Waals surface area (Å²) in [4.78, 5) is 15.4. The van der Waals surface area contributed by atoms with Crippen molar-refractivity contribution in [1.29, 1.82) is 0 Å². The minimum absolute atomic E-state index is 0.670. The van der Waals surface area contributed by atoms with Gasteiger partial charge in [0, 0.05) is 25.2 Å². The summed E-state index contributed by atoms with van der Waals surface area (Å²) < 4.78 is 0. The van der Waals surface area contributed by atoms with Gasteiger partial charge in [-0.15, -0.1) is 0 Å². The first kappa shape index (κ1) is 15.3. The molecule has 0 saturated carbocycles. The summed E-state index contributed by atoms with van der Waals surface area (Å²) in [5.41, 5.74) is 4.50. The molecule has 0 radical (unpaired) electrons. The van der Waals surface area contributed by atoms with Gasteiger partial charge < -0.3 is 4.98 Å². The fraction of sp³-hybridized carbons (Fsp3) is 0.400. The van der Waals surface area contributed by atoms with Gasteiger partial charge in [0.2, 0.25) is 0 Å². The van der Waals surface area contributed by atoms with Gasteiger partial charge in [-0.1, -0.05) is 18.2 Å². The van der Waals surface area contributed by atoms with Crippen LogP contribution in [-0.4, -0.2) is 32.9 Å². The Bertz CT molecular complexity index is 790. The van der Waals surface area contributed by atoms with Crippen LogP contribution in [0.25, 0.3) is 11.0 Å². The topological polar surface area (TPSA) is 44.8 Å². The lowest BCUT2D eigenvalue weighted by atomic mass is 9.94. The van der Waals surface area contributed by atoms with E-state index in [0.717, 1.165) is 42.1 Å². The molecule has 0 spiro atoms. The quantitative estimate of drug-likeness (QED) is 0.797. The van der Waals surface area contributed by atoms with Crippen LogP contribution in [0.5, 0.6) is 0 Å². The van der Waals surface area contributed by atoms with Crippen molar-refractivity contribution in [2.75, 3.05) is 13.1 Å². The van der Waals surface area contributed by atoms with Crippen molar-refractivity contribution in [3.8, 4) is 0 Å². The molecule has 124 valence electrons. The molecule has 1 aliphatic rings. The van der Waals surface area contributed by atoms with Crippen molar-refractivity contribution >= 4 is 11.0 Å². The highest BCUT2D eigenvalue weighted by molar-refractivity contribution is 5.74. The highest BCUT2D eigenvalue weighted by Gasteiger charge is 2.21. The Labute approximate surface area is 142 Å². The number of nitrogens with one attached hydrogen (secondary N) is 1. The molecule has 1 saturated heterocycles. The van der Waals surface area contributed by atoms with Crippen molar-refractivity contribution in [3.63, 3.8) is 0 Å². The first-order valence-corrected chi connectivity index (χ1v) is 8.85. The fourth-order valence-corrected chi connectivity index (χ4v) is 3.75. The Balaban J connectivity index is 1.41. The number of benzene rings is 1. The van der Waals surface area contributed by atoms with E-state index in [1.54, 1.807) is 0 Å². The molecule has 3 aromatic rings. The molecule has 1 N–H and O–H groups in total. The number of nitrogens with zero attached hydrogens (tertiary/aromatic N) is 3. The van der Waals surface area contributed by atoms with Crippen molar-refractivity contribution in [2.45, 2.75) is 32.7 Å². The number of hydrogen-bond donors (Lipinski definition) is 1. The van der Waals surface area contributed by atoms with E-state index in [9.17, 15) is 0 Å². The Hall–Kier alpha value is -2.20. The Morgan fingerprint density at radius 1 is 1.12 bits per heavy atom. The van der Waals surface area contributed by atoms with E-state index in [1.807, 2.05) is 6.07 Å². The first-order valence-electron chi connectivity index (χ1n) is 8.85. The largest absolute Gasteiger partial charge is 0.342 e. The zero-order valence-electron chi connectivity index (χ0n) is 14.2. The van der Waals surface area contributed by atoms with Crippen LogP contribution in [-0.2, 0) is 13.0 Å². The lowest BCUT2D eigenvalue weighted by Gasteiger charge is -2.32. The van der Waals surface area contributed by atoms with Crippen molar-refractivity contribution in [3.05, 3.63) is 59.7 Å². The Morgan fingerprint density at radius 3 is 2.92 bits per heavy atom. The Kier molecular flexibility index (Phi) is 4.30. The minimum Gasteiger partial charge on any atom is -0.342 e. The van der Waals surface area contributed by atoms with E-state index in [4.69, 9.17) is 4.98 Å². The third-order valence-corrected chi connectivity index (χ3v) is 4.86. The van der Waals surface area contributed by atoms with Crippen LogP contribution in [0, 0.1) is 12.8 Å². The third kappa shape index (κ3) is 3.49. The minimum atomic E-state index is 0.670. The number of pyridine rings is 1. The SMILES string of the molecule is Cc1cccc(CN2CCC[C@H](Cc3nc4ccccc4[nH]3)C2)n1.